The summed E-state index contributed by atoms with van der Waals surface area (Å²) in [7, 11) is 0. The van der Waals surface area contributed by atoms with Gasteiger partial charge in [0.15, 0.2) is 0 Å². The molecule has 0 spiro atoms. The Bertz CT molecular complexity index is 549. The van der Waals surface area contributed by atoms with Gasteiger partial charge in [0.05, 0.1) is 11.1 Å². The molecule has 5 heteroatoms. The Kier molecular flexibility index (Phi) is 2.81. The van der Waals surface area contributed by atoms with Gasteiger partial charge in [-0.05, 0) is 41.6 Å². The van der Waals surface area contributed by atoms with E-state index in [-0.39, 0.29) is 5.52 Å². The van der Waals surface area contributed by atoms with E-state index in [0.717, 1.165) is 9.64 Å². The Morgan fingerprint density at radius 2 is 1.94 bits per heavy atom. The molecule has 0 fully saturated rings. The van der Waals surface area contributed by atoms with E-state index in [0.29, 0.717) is 11.1 Å². The molecule has 0 saturated heterocycles. The average molecular weight is 337 g/mol. The highest BCUT2D eigenvalue weighted by atomic mass is 127. The Morgan fingerprint density at radius 1 is 1.25 bits per heavy atom. The van der Waals surface area contributed by atoms with Crippen LogP contribution in [0.1, 0.15) is 11.3 Å². The molecule has 0 N–H and O–H groups in total. The number of fused-ring (bicyclic) bond motifs is 1. The highest BCUT2D eigenvalue weighted by molar-refractivity contribution is 14.1. The number of rotatable bonds is 0. The molecule has 2 rings (SSSR count). The van der Waals surface area contributed by atoms with E-state index in [1.165, 1.54) is 6.07 Å². The minimum absolute atomic E-state index is 0.0272. The Balaban J connectivity index is 2.87. The summed E-state index contributed by atoms with van der Waals surface area (Å²) in [6.07, 6.45) is -4.36. The lowest BCUT2D eigenvalue weighted by molar-refractivity contribution is -0.136. The van der Waals surface area contributed by atoms with Gasteiger partial charge >= 0.3 is 6.18 Å². The molecule has 1 heterocycles. The second kappa shape index (κ2) is 3.87. The number of halogens is 4. The molecule has 1 aromatic carbocycles. The van der Waals surface area contributed by atoms with Crippen molar-refractivity contribution in [2.24, 2.45) is 0 Å². The fraction of sp³-hybridized carbons (Fsp3) is 0.182. The predicted molar refractivity (Wildman–Crippen MR) is 64.2 cm³/mol. The molecule has 0 unspecified atom stereocenters. The van der Waals surface area contributed by atoms with Crippen molar-refractivity contribution in [3.8, 4) is 0 Å². The zero-order chi connectivity index (χ0) is 11.9. The van der Waals surface area contributed by atoms with Gasteiger partial charge in [-0.2, -0.15) is 13.2 Å². The van der Waals surface area contributed by atoms with Crippen LogP contribution in [0.5, 0.6) is 0 Å². The third-order valence-electron chi connectivity index (χ3n) is 2.22. The Labute approximate surface area is 104 Å². The maximum atomic E-state index is 12.7. The smallest absolute Gasteiger partial charge is 0.252 e. The number of alkyl halides is 3. The summed E-state index contributed by atoms with van der Waals surface area (Å²) < 4.78 is 39.0. The van der Waals surface area contributed by atoms with Crippen molar-refractivity contribution < 1.29 is 13.2 Å². The standard InChI is InChI=1S/C11H7F3IN/c1-6-5-9(15)7-3-2-4-8(10(7)16-6)11(12,13)14/h2-5H,1H3. The zero-order valence-electron chi connectivity index (χ0n) is 8.27. The first kappa shape index (κ1) is 11.6. The number of aryl methyl sites for hydroxylation is 1. The predicted octanol–water partition coefficient (Wildman–Crippen LogP) is 4.17. The largest absolute Gasteiger partial charge is 0.418 e. The first-order chi connectivity index (χ1) is 7.39. The molecular weight excluding hydrogens is 330 g/mol. The summed E-state index contributed by atoms with van der Waals surface area (Å²) in [5.41, 5.74) is -0.0559. The van der Waals surface area contributed by atoms with Gasteiger partial charge in [-0.3, -0.25) is 4.98 Å². The van der Waals surface area contributed by atoms with E-state index >= 15 is 0 Å². The van der Waals surface area contributed by atoms with Crippen LogP contribution >= 0.6 is 22.6 Å². The maximum absolute atomic E-state index is 12.7. The average Bonchev–Trinajstić information content (AvgIpc) is 2.15. The summed E-state index contributed by atoms with van der Waals surface area (Å²) in [5, 5.41) is 0.543. The first-order valence-corrected chi connectivity index (χ1v) is 5.60. The van der Waals surface area contributed by atoms with Crippen LogP contribution < -0.4 is 0 Å². The van der Waals surface area contributed by atoms with Crippen LogP contribution in [0.4, 0.5) is 13.2 Å². The Hall–Kier alpha value is -0.850. The fourth-order valence-corrected chi connectivity index (χ4v) is 2.44. The number of aromatic nitrogens is 1. The first-order valence-electron chi connectivity index (χ1n) is 4.52. The number of hydrogen-bond donors (Lipinski definition) is 0. The molecule has 1 aromatic heterocycles. The topological polar surface area (TPSA) is 12.9 Å². The fourth-order valence-electron chi connectivity index (χ4n) is 1.56. The molecule has 16 heavy (non-hydrogen) atoms. The lowest BCUT2D eigenvalue weighted by Gasteiger charge is -2.10. The summed E-state index contributed by atoms with van der Waals surface area (Å²) in [5.74, 6) is 0. The van der Waals surface area contributed by atoms with Crippen molar-refractivity contribution in [1.82, 2.24) is 4.98 Å². The monoisotopic (exact) mass is 337 g/mol. The third kappa shape index (κ3) is 2.00. The van der Waals surface area contributed by atoms with E-state index < -0.39 is 11.7 Å². The van der Waals surface area contributed by atoms with Crippen molar-refractivity contribution >= 4 is 33.5 Å². The maximum Gasteiger partial charge on any atom is 0.418 e. The molecule has 0 bridgehead atoms. The molecule has 0 amide bonds. The van der Waals surface area contributed by atoms with Gasteiger partial charge in [0.25, 0.3) is 0 Å². The second-order valence-corrected chi connectivity index (χ2v) is 4.61. The minimum atomic E-state index is -4.36. The van der Waals surface area contributed by atoms with Gasteiger partial charge in [0.2, 0.25) is 0 Å². The highest BCUT2D eigenvalue weighted by Crippen LogP contribution is 2.35. The van der Waals surface area contributed by atoms with Crippen LogP contribution in [0.15, 0.2) is 24.3 Å². The van der Waals surface area contributed by atoms with Crippen molar-refractivity contribution in [3.63, 3.8) is 0 Å². The van der Waals surface area contributed by atoms with E-state index in [1.54, 1.807) is 19.1 Å². The summed E-state index contributed by atoms with van der Waals surface area (Å²) >= 11 is 2.02. The normalized spacial score (nSPS) is 12.1. The lowest BCUT2D eigenvalue weighted by atomic mass is 10.1. The van der Waals surface area contributed by atoms with Crippen LogP contribution in [0.2, 0.25) is 0 Å². The quantitative estimate of drug-likeness (QED) is 0.658. The van der Waals surface area contributed by atoms with Gasteiger partial charge < -0.3 is 0 Å². The third-order valence-corrected chi connectivity index (χ3v) is 3.11. The molecule has 0 aliphatic rings. The lowest BCUT2D eigenvalue weighted by Crippen LogP contribution is -2.07. The molecule has 0 saturated carbocycles. The number of nitrogens with zero attached hydrogens (tertiary/aromatic N) is 1. The van der Waals surface area contributed by atoms with Crippen molar-refractivity contribution in [2.45, 2.75) is 13.1 Å². The summed E-state index contributed by atoms with van der Waals surface area (Å²) in [6.45, 7) is 1.69. The van der Waals surface area contributed by atoms with Crippen LogP contribution in [-0.2, 0) is 6.18 Å². The summed E-state index contributed by atoms with van der Waals surface area (Å²) in [6, 6.07) is 5.89. The van der Waals surface area contributed by atoms with Gasteiger partial charge in [-0.15, -0.1) is 0 Å². The zero-order valence-corrected chi connectivity index (χ0v) is 10.4. The number of para-hydroxylation sites is 1. The van der Waals surface area contributed by atoms with Crippen molar-refractivity contribution in [2.75, 3.05) is 0 Å². The number of pyridine rings is 1. The van der Waals surface area contributed by atoms with Crippen LogP contribution in [0, 0.1) is 10.5 Å². The van der Waals surface area contributed by atoms with E-state index in [2.05, 4.69) is 4.98 Å². The van der Waals surface area contributed by atoms with Crippen molar-refractivity contribution in [1.29, 1.82) is 0 Å². The van der Waals surface area contributed by atoms with Crippen LogP contribution in [0.3, 0.4) is 0 Å². The van der Waals surface area contributed by atoms with Crippen LogP contribution in [0.25, 0.3) is 10.9 Å². The molecule has 0 aliphatic carbocycles. The number of hydrogen-bond acceptors (Lipinski definition) is 1. The molecule has 1 nitrogen and oxygen atoms in total. The van der Waals surface area contributed by atoms with Gasteiger partial charge in [-0.25, -0.2) is 0 Å². The highest BCUT2D eigenvalue weighted by Gasteiger charge is 2.33. The van der Waals surface area contributed by atoms with E-state index in [9.17, 15) is 13.2 Å². The number of benzene rings is 1. The molecule has 0 atom stereocenters. The SMILES string of the molecule is Cc1cc(I)c2cccc(C(F)(F)F)c2n1. The van der Waals surface area contributed by atoms with Crippen molar-refractivity contribution in [3.05, 3.63) is 39.1 Å². The molecule has 2 aromatic rings. The van der Waals surface area contributed by atoms with Crippen LogP contribution in [-0.4, -0.2) is 4.98 Å². The van der Waals surface area contributed by atoms with Gasteiger partial charge in [0.1, 0.15) is 0 Å². The van der Waals surface area contributed by atoms with E-state index in [1.807, 2.05) is 22.6 Å². The summed E-state index contributed by atoms with van der Waals surface area (Å²) in [4.78, 5) is 3.98. The molecular formula is C11H7F3IN. The molecule has 0 aliphatic heterocycles. The molecule has 0 radical (unpaired) electrons. The van der Waals surface area contributed by atoms with Gasteiger partial charge in [0, 0.05) is 14.7 Å². The molecule has 84 valence electrons. The minimum Gasteiger partial charge on any atom is -0.252 e. The van der Waals surface area contributed by atoms with Gasteiger partial charge in [-0.1, -0.05) is 12.1 Å². The second-order valence-electron chi connectivity index (χ2n) is 3.44. The van der Waals surface area contributed by atoms with E-state index in [4.69, 9.17) is 0 Å². The Morgan fingerprint density at radius 3 is 2.56 bits per heavy atom.